The summed E-state index contributed by atoms with van der Waals surface area (Å²) >= 11 is 0. The average molecular weight is 204 g/mol. The summed E-state index contributed by atoms with van der Waals surface area (Å²) in [4.78, 5) is 4.06. The van der Waals surface area contributed by atoms with Crippen LogP contribution in [-0.4, -0.2) is 21.9 Å². The van der Waals surface area contributed by atoms with Crippen LogP contribution in [0.3, 0.4) is 0 Å². The number of anilines is 1. The van der Waals surface area contributed by atoms with Crippen LogP contribution in [0.5, 0.6) is 5.75 Å². The minimum absolute atomic E-state index is 0.660. The summed E-state index contributed by atoms with van der Waals surface area (Å²) in [7, 11) is 1.60. The minimum atomic E-state index is 0.660. The molecule has 0 fully saturated rings. The van der Waals surface area contributed by atoms with E-state index >= 15 is 0 Å². The van der Waals surface area contributed by atoms with E-state index in [2.05, 4.69) is 10.1 Å². The Kier molecular flexibility index (Phi) is 2.29. The number of aryl methyl sites for hydroxylation is 1. The van der Waals surface area contributed by atoms with Gasteiger partial charge in [-0.2, -0.15) is 5.10 Å². The van der Waals surface area contributed by atoms with Crippen LogP contribution in [0, 0.1) is 6.92 Å². The fourth-order valence-corrected chi connectivity index (χ4v) is 1.35. The lowest BCUT2D eigenvalue weighted by Crippen LogP contribution is -1.99. The molecule has 1 heterocycles. The van der Waals surface area contributed by atoms with E-state index in [-0.39, 0.29) is 0 Å². The second-order valence-electron chi connectivity index (χ2n) is 3.17. The predicted octanol–water partition coefficient (Wildman–Crippen LogP) is 1.17. The summed E-state index contributed by atoms with van der Waals surface area (Å²) < 4.78 is 6.88. The van der Waals surface area contributed by atoms with Gasteiger partial charge in [-0.05, 0) is 19.1 Å². The van der Waals surface area contributed by atoms with Crippen molar-refractivity contribution in [3.63, 3.8) is 0 Å². The third kappa shape index (κ3) is 1.76. The summed E-state index contributed by atoms with van der Waals surface area (Å²) in [6.45, 7) is 1.83. The Balaban J connectivity index is 2.52. The predicted molar refractivity (Wildman–Crippen MR) is 57.1 cm³/mol. The third-order valence-electron chi connectivity index (χ3n) is 2.06. The Bertz CT molecular complexity index is 478. The summed E-state index contributed by atoms with van der Waals surface area (Å²) in [6, 6.07) is 5.41. The standard InChI is InChI=1S/C10H12N4O/c1-7-12-6-14(13-7)9-4-3-8(11)5-10(9)15-2/h3-6H,11H2,1-2H3. The molecule has 0 aliphatic rings. The number of rotatable bonds is 2. The van der Waals surface area contributed by atoms with E-state index in [4.69, 9.17) is 10.5 Å². The monoisotopic (exact) mass is 204 g/mol. The Morgan fingerprint density at radius 1 is 1.40 bits per heavy atom. The molecular formula is C10H12N4O. The zero-order valence-electron chi connectivity index (χ0n) is 8.64. The zero-order chi connectivity index (χ0) is 10.8. The molecule has 78 valence electrons. The molecule has 0 spiro atoms. The van der Waals surface area contributed by atoms with Gasteiger partial charge in [-0.3, -0.25) is 0 Å². The van der Waals surface area contributed by atoms with Gasteiger partial charge in [0.05, 0.1) is 7.11 Å². The molecule has 0 atom stereocenters. The van der Waals surface area contributed by atoms with Gasteiger partial charge in [-0.25, -0.2) is 9.67 Å². The van der Waals surface area contributed by atoms with E-state index in [1.54, 1.807) is 30.3 Å². The molecule has 0 saturated carbocycles. The topological polar surface area (TPSA) is 66.0 Å². The molecule has 0 amide bonds. The summed E-state index contributed by atoms with van der Waals surface area (Å²) in [5.41, 5.74) is 7.15. The molecule has 2 N–H and O–H groups in total. The van der Waals surface area contributed by atoms with Crippen LogP contribution in [0.25, 0.3) is 5.69 Å². The van der Waals surface area contributed by atoms with Gasteiger partial charge in [0.15, 0.2) is 0 Å². The van der Waals surface area contributed by atoms with Crippen LogP contribution in [0.1, 0.15) is 5.82 Å². The lowest BCUT2D eigenvalue weighted by molar-refractivity contribution is 0.412. The van der Waals surface area contributed by atoms with Crippen LogP contribution in [0.2, 0.25) is 0 Å². The molecule has 1 aromatic carbocycles. The van der Waals surface area contributed by atoms with Crippen molar-refractivity contribution in [3.8, 4) is 11.4 Å². The van der Waals surface area contributed by atoms with E-state index in [0.29, 0.717) is 17.3 Å². The van der Waals surface area contributed by atoms with Crippen molar-refractivity contribution >= 4 is 5.69 Å². The molecule has 1 aromatic heterocycles. The van der Waals surface area contributed by atoms with E-state index in [0.717, 1.165) is 5.69 Å². The number of nitrogens with zero attached hydrogens (tertiary/aromatic N) is 3. The molecule has 2 rings (SSSR count). The highest BCUT2D eigenvalue weighted by molar-refractivity contribution is 5.55. The number of hydrogen-bond acceptors (Lipinski definition) is 4. The van der Waals surface area contributed by atoms with E-state index in [1.807, 2.05) is 13.0 Å². The lowest BCUT2D eigenvalue weighted by Gasteiger charge is -2.08. The summed E-state index contributed by atoms with van der Waals surface area (Å²) in [5, 5.41) is 4.20. The molecule has 0 aliphatic carbocycles. The van der Waals surface area contributed by atoms with Crippen LogP contribution in [0.4, 0.5) is 5.69 Å². The van der Waals surface area contributed by atoms with E-state index < -0.39 is 0 Å². The Hall–Kier alpha value is -2.04. The van der Waals surface area contributed by atoms with Gasteiger partial charge in [0.1, 0.15) is 23.6 Å². The van der Waals surface area contributed by atoms with Crippen molar-refractivity contribution in [2.24, 2.45) is 0 Å². The number of hydrogen-bond donors (Lipinski definition) is 1. The number of aromatic nitrogens is 3. The average Bonchev–Trinajstić information content (AvgIpc) is 2.64. The largest absolute Gasteiger partial charge is 0.494 e. The Morgan fingerprint density at radius 3 is 2.80 bits per heavy atom. The van der Waals surface area contributed by atoms with Crippen LogP contribution >= 0.6 is 0 Å². The highest BCUT2D eigenvalue weighted by Gasteiger charge is 2.06. The molecule has 2 aromatic rings. The van der Waals surface area contributed by atoms with Crippen LogP contribution < -0.4 is 10.5 Å². The van der Waals surface area contributed by atoms with E-state index in [9.17, 15) is 0 Å². The fraction of sp³-hybridized carbons (Fsp3) is 0.200. The molecule has 0 saturated heterocycles. The number of nitrogens with two attached hydrogens (primary N) is 1. The normalized spacial score (nSPS) is 10.3. The zero-order valence-corrected chi connectivity index (χ0v) is 8.64. The highest BCUT2D eigenvalue weighted by atomic mass is 16.5. The van der Waals surface area contributed by atoms with Gasteiger partial charge >= 0.3 is 0 Å². The van der Waals surface area contributed by atoms with Crippen molar-refractivity contribution in [2.75, 3.05) is 12.8 Å². The smallest absolute Gasteiger partial charge is 0.147 e. The first kappa shape index (κ1) is 9.51. The van der Waals surface area contributed by atoms with Crippen molar-refractivity contribution < 1.29 is 4.74 Å². The molecule has 0 aliphatic heterocycles. The van der Waals surface area contributed by atoms with Crippen LogP contribution in [0.15, 0.2) is 24.5 Å². The van der Waals surface area contributed by atoms with Gasteiger partial charge in [-0.1, -0.05) is 0 Å². The first-order chi connectivity index (χ1) is 7.20. The number of benzene rings is 1. The first-order valence-corrected chi connectivity index (χ1v) is 4.53. The molecule has 0 bridgehead atoms. The van der Waals surface area contributed by atoms with E-state index in [1.165, 1.54) is 0 Å². The molecule has 0 unspecified atom stereocenters. The van der Waals surface area contributed by atoms with Gasteiger partial charge in [0.25, 0.3) is 0 Å². The maximum absolute atomic E-state index is 5.66. The second-order valence-corrected chi connectivity index (χ2v) is 3.17. The quantitative estimate of drug-likeness (QED) is 0.745. The fourth-order valence-electron chi connectivity index (χ4n) is 1.35. The summed E-state index contributed by atoms with van der Waals surface area (Å²) in [5.74, 6) is 1.40. The minimum Gasteiger partial charge on any atom is -0.494 e. The van der Waals surface area contributed by atoms with Crippen LogP contribution in [-0.2, 0) is 0 Å². The summed E-state index contributed by atoms with van der Waals surface area (Å²) in [6.07, 6.45) is 1.64. The first-order valence-electron chi connectivity index (χ1n) is 4.53. The van der Waals surface area contributed by atoms with Crippen molar-refractivity contribution in [1.29, 1.82) is 0 Å². The third-order valence-corrected chi connectivity index (χ3v) is 2.06. The highest BCUT2D eigenvalue weighted by Crippen LogP contribution is 2.24. The van der Waals surface area contributed by atoms with Gasteiger partial charge in [0.2, 0.25) is 0 Å². The van der Waals surface area contributed by atoms with Gasteiger partial charge in [-0.15, -0.1) is 0 Å². The maximum Gasteiger partial charge on any atom is 0.147 e. The Morgan fingerprint density at radius 2 is 2.20 bits per heavy atom. The number of nitrogen functional groups attached to an aromatic ring is 1. The SMILES string of the molecule is COc1cc(N)ccc1-n1cnc(C)n1. The Labute approximate surface area is 87.5 Å². The lowest BCUT2D eigenvalue weighted by atomic mass is 10.2. The second kappa shape index (κ2) is 3.61. The molecule has 5 nitrogen and oxygen atoms in total. The maximum atomic E-state index is 5.66. The van der Waals surface area contributed by atoms with Crippen molar-refractivity contribution in [1.82, 2.24) is 14.8 Å². The van der Waals surface area contributed by atoms with Crippen molar-refractivity contribution in [2.45, 2.75) is 6.92 Å². The van der Waals surface area contributed by atoms with Crippen molar-refractivity contribution in [3.05, 3.63) is 30.4 Å². The van der Waals surface area contributed by atoms with Gasteiger partial charge in [0, 0.05) is 11.8 Å². The molecular weight excluding hydrogens is 192 g/mol. The molecule has 15 heavy (non-hydrogen) atoms. The van der Waals surface area contributed by atoms with Gasteiger partial charge < -0.3 is 10.5 Å². The molecule has 0 radical (unpaired) electrons. The number of methoxy groups -OCH3 is 1. The number of ether oxygens (including phenoxy) is 1. The molecule has 5 heteroatoms.